The highest BCUT2D eigenvalue weighted by Crippen LogP contribution is 2.17. The Morgan fingerprint density at radius 1 is 1.10 bits per heavy atom. The van der Waals surface area contributed by atoms with E-state index in [9.17, 15) is 9.59 Å². The van der Waals surface area contributed by atoms with E-state index in [-0.39, 0.29) is 17.9 Å². The number of hydrogen-bond donors (Lipinski definition) is 1. The van der Waals surface area contributed by atoms with Crippen molar-refractivity contribution in [3.05, 3.63) is 35.4 Å². The zero-order chi connectivity index (χ0) is 14.7. The number of piperazine rings is 1. The van der Waals surface area contributed by atoms with Crippen LogP contribution in [-0.4, -0.2) is 28.8 Å². The first kappa shape index (κ1) is 14.6. The van der Waals surface area contributed by atoms with Gasteiger partial charge in [0.25, 0.3) is 0 Å². The fourth-order valence-corrected chi connectivity index (χ4v) is 2.59. The Balaban J connectivity index is 2.18. The van der Waals surface area contributed by atoms with Gasteiger partial charge in [-0.05, 0) is 30.9 Å². The zero-order valence-corrected chi connectivity index (χ0v) is 12.3. The molecule has 1 aliphatic heterocycles. The third-order valence-electron chi connectivity index (χ3n) is 3.86. The Bertz CT molecular complexity index is 496. The van der Waals surface area contributed by atoms with Gasteiger partial charge in [0.05, 0.1) is 0 Å². The molecule has 1 aliphatic rings. The van der Waals surface area contributed by atoms with Crippen LogP contribution in [-0.2, 0) is 22.6 Å². The van der Waals surface area contributed by atoms with E-state index in [0.717, 1.165) is 12.0 Å². The lowest BCUT2D eigenvalue weighted by Crippen LogP contribution is -2.61. The maximum absolute atomic E-state index is 12.3. The minimum Gasteiger partial charge on any atom is -0.343 e. The molecule has 2 rings (SSSR count). The Morgan fingerprint density at radius 2 is 1.70 bits per heavy atom. The van der Waals surface area contributed by atoms with Crippen LogP contribution in [0.4, 0.5) is 0 Å². The minimum atomic E-state index is -0.430. The molecule has 4 heteroatoms. The highest BCUT2D eigenvalue weighted by molar-refractivity contribution is 5.96. The monoisotopic (exact) mass is 274 g/mol. The highest BCUT2D eigenvalue weighted by atomic mass is 16.2. The van der Waals surface area contributed by atoms with Crippen LogP contribution < -0.4 is 5.32 Å². The van der Waals surface area contributed by atoms with E-state index < -0.39 is 6.04 Å². The van der Waals surface area contributed by atoms with Crippen LogP contribution in [0.2, 0.25) is 0 Å². The quantitative estimate of drug-likeness (QED) is 0.911. The molecule has 1 saturated heterocycles. The van der Waals surface area contributed by atoms with E-state index in [1.54, 1.807) is 11.8 Å². The zero-order valence-electron chi connectivity index (χ0n) is 12.3. The largest absolute Gasteiger partial charge is 0.343 e. The van der Waals surface area contributed by atoms with Crippen molar-refractivity contribution in [2.24, 2.45) is 0 Å². The molecule has 0 spiro atoms. The lowest BCUT2D eigenvalue weighted by atomic mass is 10.0. The van der Waals surface area contributed by atoms with Gasteiger partial charge in [0.15, 0.2) is 0 Å². The average Bonchev–Trinajstić information content (AvgIpc) is 2.45. The Labute approximate surface area is 120 Å². The lowest BCUT2D eigenvalue weighted by Gasteiger charge is -2.37. The second kappa shape index (κ2) is 6.07. The van der Waals surface area contributed by atoms with Gasteiger partial charge in [0, 0.05) is 6.54 Å². The molecule has 1 aromatic carbocycles. The normalized spacial score (nSPS) is 22.9. The summed E-state index contributed by atoms with van der Waals surface area (Å²) in [7, 11) is 0. The predicted octanol–water partition coefficient (Wildman–Crippen LogP) is 1.87. The molecule has 4 nitrogen and oxygen atoms in total. The highest BCUT2D eigenvalue weighted by Gasteiger charge is 2.37. The Morgan fingerprint density at radius 3 is 2.25 bits per heavy atom. The molecule has 1 N–H and O–H groups in total. The van der Waals surface area contributed by atoms with Crippen molar-refractivity contribution in [3.8, 4) is 0 Å². The molecule has 0 aliphatic carbocycles. The number of carbonyl (C=O) groups is 2. The maximum atomic E-state index is 12.3. The summed E-state index contributed by atoms with van der Waals surface area (Å²) in [4.78, 5) is 26.0. The number of rotatable bonds is 4. The molecule has 0 saturated carbocycles. The van der Waals surface area contributed by atoms with Crippen molar-refractivity contribution in [3.63, 3.8) is 0 Å². The van der Waals surface area contributed by atoms with E-state index in [2.05, 4.69) is 24.4 Å². The second-order valence-electron chi connectivity index (χ2n) is 5.29. The first-order valence-electron chi connectivity index (χ1n) is 7.25. The number of carbonyl (C=O) groups excluding carboxylic acids is 2. The molecule has 2 atom stereocenters. The molecule has 1 aromatic rings. The first-order chi connectivity index (χ1) is 9.56. The fourth-order valence-electron chi connectivity index (χ4n) is 2.59. The third kappa shape index (κ3) is 2.84. The van der Waals surface area contributed by atoms with Crippen LogP contribution in [0, 0.1) is 0 Å². The summed E-state index contributed by atoms with van der Waals surface area (Å²) in [6.07, 6.45) is 1.64. The number of nitrogens with one attached hydrogen (secondary N) is 1. The lowest BCUT2D eigenvalue weighted by molar-refractivity contribution is -0.149. The van der Waals surface area contributed by atoms with Gasteiger partial charge in [-0.25, -0.2) is 0 Å². The third-order valence-corrected chi connectivity index (χ3v) is 3.86. The fraction of sp³-hybridized carbons (Fsp3) is 0.500. The van der Waals surface area contributed by atoms with Crippen molar-refractivity contribution >= 4 is 11.8 Å². The predicted molar refractivity (Wildman–Crippen MR) is 78.1 cm³/mol. The van der Waals surface area contributed by atoms with E-state index in [1.807, 2.05) is 19.1 Å². The molecule has 1 fully saturated rings. The van der Waals surface area contributed by atoms with Crippen molar-refractivity contribution in [1.82, 2.24) is 10.2 Å². The topological polar surface area (TPSA) is 49.4 Å². The summed E-state index contributed by atoms with van der Waals surface area (Å²) in [5.41, 5.74) is 2.34. The molecular formula is C16H22N2O2. The summed E-state index contributed by atoms with van der Waals surface area (Å²) >= 11 is 0. The average molecular weight is 274 g/mol. The van der Waals surface area contributed by atoms with Crippen LogP contribution in [0.25, 0.3) is 0 Å². The van der Waals surface area contributed by atoms with Gasteiger partial charge in [-0.2, -0.15) is 0 Å². The van der Waals surface area contributed by atoms with E-state index in [4.69, 9.17) is 0 Å². The number of benzene rings is 1. The van der Waals surface area contributed by atoms with Crippen molar-refractivity contribution in [1.29, 1.82) is 0 Å². The van der Waals surface area contributed by atoms with Gasteiger partial charge in [0.2, 0.25) is 11.8 Å². The van der Waals surface area contributed by atoms with Gasteiger partial charge in [-0.15, -0.1) is 0 Å². The van der Waals surface area contributed by atoms with E-state index in [0.29, 0.717) is 13.0 Å². The molecule has 0 radical (unpaired) electrons. The summed E-state index contributed by atoms with van der Waals surface area (Å²) in [5, 5.41) is 2.73. The molecule has 2 unspecified atom stereocenters. The number of amides is 2. The van der Waals surface area contributed by atoms with Crippen LogP contribution in [0.1, 0.15) is 38.3 Å². The summed E-state index contributed by atoms with van der Waals surface area (Å²) in [6, 6.07) is 7.44. The Kier molecular flexibility index (Phi) is 4.42. The van der Waals surface area contributed by atoms with Crippen LogP contribution in [0.5, 0.6) is 0 Å². The van der Waals surface area contributed by atoms with Crippen LogP contribution >= 0.6 is 0 Å². The van der Waals surface area contributed by atoms with Crippen molar-refractivity contribution < 1.29 is 9.59 Å². The molecule has 2 amide bonds. The molecule has 0 bridgehead atoms. The van der Waals surface area contributed by atoms with Gasteiger partial charge in [-0.1, -0.05) is 38.1 Å². The van der Waals surface area contributed by atoms with Crippen LogP contribution in [0.3, 0.4) is 0 Å². The van der Waals surface area contributed by atoms with Gasteiger partial charge < -0.3 is 10.2 Å². The minimum absolute atomic E-state index is 0.00369. The van der Waals surface area contributed by atoms with Gasteiger partial charge in [-0.3, -0.25) is 9.59 Å². The van der Waals surface area contributed by atoms with Gasteiger partial charge >= 0.3 is 0 Å². The maximum Gasteiger partial charge on any atom is 0.245 e. The SMILES string of the molecule is CCc1ccc(CN2C(=O)C(C)NC(=O)C2CC)cc1. The summed E-state index contributed by atoms with van der Waals surface area (Å²) < 4.78 is 0. The number of aryl methyl sites for hydroxylation is 1. The van der Waals surface area contributed by atoms with Crippen LogP contribution in [0.15, 0.2) is 24.3 Å². The second-order valence-corrected chi connectivity index (χ2v) is 5.29. The first-order valence-corrected chi connectivity index (χ1v) is 7.25. The van der Waals surface area contributed by atoms with Gasteiger partial charge in [0.1, 0.15) is 12.1 Å². The molecular weight excluding hydrogens is 252 g/mol. The van der Waals surface area contributed by atoms with Crippen molar-refractivity contribution in [2.75, 3.05) is 0 Å². The smallest absolute Gasteiger partial charge is 0.245 e. The van der Waals surface area contributed by atoms with Crippen molar-refractivity contribution in [2.45, 2.75) is 52.2 Å². The summed E-state index contributed by atoms with van der Waals surface area (Å²) in [5.74, 6) is -0.0548. The number of nitrogens with zero attached hydrogens (tertiary/aromatic N) is 1. The molecule has 108 valence electrons. The molecule has 0 aromatic heterocycles. The summed E-state index contributed by atoms with van der Waals surface area (Å²) in [6.45, 7) is 6.28. The van der Waals surface area contributed by atoms with E-state index in [1.165, 1.54) is 5.56 Å². The number of hydrogen-bond acceptors (Lipinski definition) is 2. The Hall–Kier alpha value is -1.84. The standard InChI is InChI=1S/C16H22N2O2/c1-4-12-6-8-13(9-7-12)10-18-14(5-2)15(19)17-11(3)16(18)20/h6-9,11,14H,4-5,10H2,1-3H3,(H,17,19). The molecule has 20 heavy (non-hydrogen) atoms. The van der Waals surface area contributed by atoms with E-state index >= 15 is 0 Å². The molecule has 1 heterocycles.